The van der Waals surface area contributed by atoms with Gasteiger partial charge in [-0.25, -0.2) is 9.97 Å². The summed E-state index contributed by atoms with van der Waals surface area (Å²) in [6.07, 6.45) is 5.20. The van der Waals surface area contributed by atoms with Crippen LogP contribution >= 0.6 is 46.6 Å². The maximum absolute atomic E-state index is 6.35. The number of nitrogens with zero attached hydrogens (tertiary/aromatic N) is 3. The van der Waals surface area contributed by atoms with Crippen LogP contribution in [-0.2, 0) is 0 Å². The van der Waals surface area contributed by atoms with Gasteiger partial charge in [0.2, 0.25) is 0 Å². The second kappa shape index (κ2) is 7.49. The summed E-state index contributed by atoms with van der Waals surface area (Å²) in [5.74, 6) is 0. The molecule has 0 radical (unpaired) electrons. The SMILES string of the molecule is Clc1ccc(SC(c2ccncc2)c2nc(Cl)ccc2Cl)cn1. The monoisotopic (exact) mass is 381 g/mol. The number of halogens is 3. The van der Waals surface area contributed by atoms with Crippen LogP contribution < -0.4 is 0 Å². The quantitative estimate of drug-likeness (QED) is 0.427. The van der Waals surface area contributed by atoms with Gasteiger partial charge >= 0.3 is 0 Å². The molecule has 23 heavy (non-hydrogen) atoms. The number of rotatable bonds is 4. The van der Waals surface area contributed by atoms with E-state index in [0.29, 0.717) is 21.0 Å². The number of pyridine rings is 3. The smallest absolute Gasteiger partial charge is 0.129 e. The van der Waals surface area contributed by atoms with Crippen molar-refractivity contribution >= 4 is 46.6 Å². The molecule has 0 N–H and O–H groups in total. The number of hydrogen-bond donors (Lipinski definition) is 0. The molecule has 0 aliphatic carbocycles. The molecule has 0 fully saturated rings. The molecule has 3 nitrogen and oxygen atoms in total. The van der Waals surface area contributed by atoms with Gasteiger partial charge in [0.05, 0.1) is 16.0 Å². The fourth-order valence-corrected chi connectivity index (χ4v) is 3.67. The summed E-state index contributed by atoms with van der Waals surface area (Å²) in [5, 5.41) is 1.28. The van der Waals surface area contributed by atoms with Crippen molar-refractivity contribution < 1.29 is 0 Å². The fraction of sp³-hybridized carbons (Fsp3) is 0.0625. The molecule has 0 bridgehead atoms. The van der Waals surface area contributed by atoms with Crippen molar-refractivity contribution in [3.8, 4) is 0 Å². The van der Waals surface area contributed by atoms with Crippen molar-refractivity contribution in [1.29, 1.82) is 0 Å². The van der Waals surface area contributed by atoms with E-state index in [9.17, 15) is 0 Å². The van der Waals surface area contributed by atoms with E-state index in [2.05, 4.69) is 15.0 Å². The third kappa shape index (κ3) is 4.15. The first kappa shape index (κ1) is 16.5. The summed E-state index contributed by atoms with van der Waals surface area (Å²) in [5.41, 5.74) is 1.72. The average Bonchev–Trinajstić information content (AvgIpc) is 2.57. The number of hydrogen-bond acceptors (Lipinski definition) is 4. The first-order valence-electron chi connectivity index (χ1n) is 6.63. The molecule has 3 rings (SSSR count). The molecular formula is C16H10Cl3N3S. The number of aromatic nitrogens is 3. The van der Waals surface area contributed by atoms with Crippen LogP contribution in [0.5, 0.6) is 0 Å². The van der Waals surface area contributed by atoms with E-state index < -0.39 is 0 Å². The van der Waals surface area contributed by atoms with E-state index in [0.717, 1.165) is 10.5 Å². The topological polar surface area (TPSA) is 38.7 Å². The van der Waals surface area contributed by atoms with Crippen molar-refractivity contribution in [3.63, 3.8) is 0 Å². The zero-order valence-corrected chi connectivity index (χ0v) is 14.7. The Balaban J connectivity index is 2.03. The Labute approximate surface area is 153 Å². The van der Waals surface area contributed by atoms with E-state index in [1.165, 1.54) is 0 Å². The zero-order valence-electron chi connectivity index (χ0n) is 11.7. The van der Waals surface area contributed by atoms with Gasteiger partial charge in [0.15, 0.2) is 0 Å². The molecule has 0 saturated carbocycles. The second-order valence-electron chi connectivity index (χ2n) is 4.60. The van der Waals surface area contributed by atoms with E-state index >= 15 is 0 Å². The van der Waals surface area contributed by atoms with E-state index in [1.54, 1.807) is 48.6 Å². The molecule has 3 aromatic heterocycles. The molecule has 0 aliphatic rings. The Morgan fingerprint density at radius 3 is 2.30 bits per heavy atom. The zero-order chi connectivity index (χ0) is 16.2. The summed E-state index contributed by atoms with van der Waals surface area (Å²) in [6, 6.07) is 10.9. The molecule has 0 saturated heterocycles. The summed E-state index contributed by atoms with van der Waals surface area (Å²) in [4.78, 5) is 13.5. The Hall–Kier alpha value is -1.33. The molecule has 3 aromatic rings. The van der Waals surface area contributed by atoms with Gasteiger partial charge in [-0.05, 0) is 42.0 Å². The van der Waals surface area contributed by atoms with Gasteiger partial charge < -0.3 is 0 Å². The lowest BCUT2D eigenvalue weighted by Gasteiger charge is -2.18. The highest BCUT2D eigenvalue weighted by Crippen LogP contribution is 2.42. The summed E-state index contributed by atoms with van der Waals surface area (Å²) in [7, 11) is 0. The standard InChI is InChI=1S/C16H10Cl3N3S/c17-12-2-4-14(19)22-15(12)16(10-5-7-20-8-6-10)23-11-1-3-13(18)21-9-11/h1-9,16H. The average molecular weight is 383 g/mol. The molecule has 0 aromatic carbocycles. The minimum Gasteiger partial charge on any atom is -0.265 e. The molecule has 0 aliphatic heterocycles. The van der Waals surface area contributed by atoms with Crippen molar-refractivity contribution in [3.05, 3.63) is 81.6 Å². The predicted octanol–water partition coefficient (Wildman–Crippen LogP) is 5.71. The maximum Gasteiger partial charge on any atom is 0.129 e. The predicted molar refractivity (Wildman–Crippen MR) is 95.4 cm³/mol. The third-order valence-corrected chi connectivity index (χ3v) is 5.05. The van der Waals surface area contributed by atoms with E-state index in [4.69, 9.17) is 34.8 Å². The van der Waals surface area contributed by atoms with E-state index in [-0.39, 0.29) is 5.25 Å². The lowest BCUT2D eigenvalue weighted by molar-refractivity contribution is 1.04. The van der Waals surface area contributed by atoms with Crippen molar-refractivity contribution in [2.75, 3.05) is 0 Å². The molecule has 0 spiro atoms. The van der Waals surface area contributed by atoms with Crippen LogP contribution in [-0.4, -0.2) is 15.0 Å². The maximum atomic E-state index is 6.35. The van der Waals surface area contributed by atoms with Crippen molar-refractivity contribution in [2.24, 2.45) is 0 Å². The highest BCUT2D eigenvalue weighted by atomic mass is 35.5. The van der Waals surface area contributed by atoms with Crippen LogP contribution in [0.2, 0.25) is 15.3 Å². The van der Waals surface area contributed by atoms with Crippen LogP contribution in [0.1, 0.15) is 16.5 Å². The molecule has 3 heterocycles. The Morgan fingerprint density at radius 1 is 0.870 bits per heavy atom. The Bertz CT molecular complexity index is 797. The van der Waals surface area contributed by atoms with E-state index in [1.807, 2.05) is 18.2 Å². The molecule has 116 valence electrons. The lowest BCUT2D eigenvalue weighted by Crippen LogP contribution is -2.01. The van der Waals surface area contributed by atoms with Crippen molar-refractivity contribution in [2.45, 2.75) is 10.1 Å². The van der Waals surface area contributed by atoms with Crippen LogP contribution in [0.25, 0.3) is 0 Å². The van der Waals surface area contributed by atoms with Crippen LogP contribution in [0.3, 0.4) is 0 Å². The first-order chi connectivity index (χ1) is 11.1. The lowest BCUT2D eigenvalue weighted by atomic mass is 10.1. The first-order valence-corrected chi connectivity index (χ1v) is 8.65. The third-order valence-electron chi connectivity index (χ3n) is 3.05. The van der Waals surface area contributed by atoms with Gasteiger partial charge in [0.1, 0.15) is 10.3 Å². The normalized spacial score (nSPS) is 12.1. The second-order valence-corrected chi connectivity index (χ2v) is 6.96. The minimum absolute atomic E-state index is 0.132. The molecule has 7 heteroatoms. The van der Waals surface area contributed by atoms with Gasteiger partial charge in [-0.1, -0.05) is 34.8 Å². The summed E-state index contributed by atoms with van der Waals surface area (Å²) < 4.78 is 0. The molecule has 1 unspecified atom stereocenters. The summed E-state index contributed by atoms with van der Waals surface area (Å²) in [6.45, 7) is 0. The van der Waals surface area contributed by atoms with Crippen molar-refractivity contribution in [1.82, 2.24) is 15.0 Å². The van der Waals surface area contributed by atoms with Crippen LogP contribution in [0.4, 0.5) is 0 Å². The molecule has 0 amide bonds. The molecular weight excluding hydrogens is 373 g/mol. The Kier molecular flexibility index (Phi) is 5.38. The molecule has 1 atom stereocenters. The fourth-order valence-electron chi connectivity index (χ4n) is 2.00. The Morgan fingerprint density at radius 2 is 1.61 bits per heavy atom. The summed E-state index contributed by atoms with van der Waals surface area (Å²) >= 11 is 19.8. The van der Waals surface area contributed by atoms with Gasteiger partial charge in [-0.3, -0.25) is 4.98 Å². The van der Waals surface area contributed by atoms with Crippen LogP contribution in [0, 0.1) is 0 Å². The minimum atomic E-state index is -0.132. The van der Waals surface area contributed by atoms with Gasteiger partial charge in [0.25, 0.3) is 0 Å². The largest absolute Gasteiger partial charge is 0.265 e. The van der Waals surface area contributed by atoms with Gasteiger partial charge in [-0.15, -0.1) is 11.8 Å². The highest BCUT2D eigenvalue weighted by molar-refractivity contribution is 7.99. The van der Waals surface area contributed by atoms with Gasteiger partial charge in [-0.2, -0.15) is 0 Å². The van der Waals surface area contributed by atoms with Crippen LogP contribution in [0.15, 0.2) is 59.9 Å². The highest BCUT2D eigenvalue weighted by Gasteiger charge is 2.21. The van der Waals surface area contributed by atoms with Gasteiger partial charge in [0, 0.05) is 23.5 Å². The number of thioether (sulfide) groups is 1.